The van der Waals surface area contributed by atoms with Gasteiger partial charge < -0.3 is 5.32 Å². The van der Waals surface area contributed by atoms with Crippen molar-refractivity contribution in [1.82, 2.24) is 29.5 Å². The lowest BCUT2D eigenvalue weighted by Crippen LogP contribution is -2.16. The van der Waals surface area contributed by atoms with E-state index in [-0.39, 0.29) is 5.91 Å². The summed E-state index contributed by atoms with van der Waals surface area (Å²) in [5, 5.41) is 12.9. The standard InChI is InChI=1S/C25H23N7OS/c1-15-8-7-10-20(17(15)3)31-23-19(13-28-31)24(27-14-26-23)32-22(12-16(2)30-32)29-25(33)18-9-5-6-11-21(18)34-4/h5-14H,1-4H3,(H,29,33). The number of fused-ring (bicyclic) bond motifs is 1. The fourth-order valence-electron chi connectivity index (χ4n) is 3.91. The average molecular weight is 470 g/mol. The summed E-state index contributed by atoms with van der Waals surface area (Å²) in [7, 11) is 0. The van der Waals surface area contributed by atoms with Gasteiger partial charge in [-0.3, -0.25) is 4.79 Å². The van der Waals surface area contributed by atoms with Crippen LogP contribution in [0.3, 0.4) is 0 Å². The molecular weight excluding hydrogens is 446 g/mol. The summed E-state index contributed by atoms with van der Waals surface area (Å²) in [6.45, 7) is 6.01. The molecule has 1 amide bonds. The van der Waals surface area contributed by atoms with Gasteiger partial charge in [0.1, 0.15) is 12.1 Å². The predicted molar refractivity (Wildman–Crippen MR) is 134 cm³/mol. The van der Waals surface area contributed by atoms with Crippen molar-refractivity contribution >= 4 is 34.5 Å². The first kappa shape index (κ1) is 21.8. The molecule has 0 aliphatic rings. The van der Waals surface area contributed by atoms with Gasteiger partial charge in [0.2, 0.25) is 0 Å². The number of benzene rings is 2. The number of carbonyl (C=O) groups is 1. The van der Waals surface area contributed by atoms with Crippen molar-refractivity contribution in [3.63, 3.8) is 0 Å². The Morgan fingerprint density at radius 2 is 1.82 bits per heavy atom. The van der Waals surface area contributed by atoms with Crippen molar-refractivity contribution in [3.8, 4) is 11.5 Å². The smallest absolute Gasteiger partial charge is 0.257 e. The molecule has 0 atom stereocenters. The zero-order valence-corrected chi connectivity index (χ0v) is 20.1. The molecule has 0 bridgehead atoms. The zero-order valence-electron chi connectivity index (χ0n) is 19.3. The monoisotopic (exact) mass is 469 g/mol. The highest BCUT2D eigenvalue weighted by Gasteiger charge is 2.19. The number of thioether (sulfide) groups is 1. The van der Waals surface area contributed by atoms with Gasteiger partial charge in [-0.1, -0.05) is 24.3 Å². The lowest BCUT2D eigenvalue weighted by molar-refractivity contribution is 0.102. The SMILES string of the molecule is CSc1ccccc1C(=O)Nc1cc(C)nn1-c1ncnc2c1cnn2-c1cccc(C)c1C. The average Bonchev–Trinajstić information content (AvgIpc) is 3.44. The fourth-order valence-corrected chi connectivity index (χ4v) is 4.50. The van der Waals surface area contributed by atoms with E-state index in [0.717, 1.165) is 27.2 Å². The summed E-state index contributed by atoms with van der Waals surface area (Å²) in [6.07, 6.45) is 5.18. The molecule has 34 heavy (non-hydrogen) atoms. The van der Waals surface area contributed by atoms with Crippen molar-refractivity contribution in [2.24, 2.45) is 0 Å². The molecule has 0 saturated heterocycles. The molecule has 5 aromatic rings. The van der Waals surface area contributed by atoms with Crippen LogP contribution in [0, 0.1) is 20.8 Å². The highest BCUT2D eigenvalue weighted by atomic mass is 32.2. The molecule has 2 aromatic carbocycles. The maximum atomic E-state index is 13.1. The topological polar surface area (TPSA) is 90.5 Å². The molecule has 170 valence electrons. The first-order valence-electron chi connectivity index (χ1n) is 10.7. The van der Waals surface area contributed by atoms with Crippen LogP contribution >= 0.6 is 11.8 Å². The van der Waals surface area contributed by atoms with Crippen molar-refractivity contribution < 1.29 is 4.79 Å². The molecule has 1 N–H and O–H groups in total. The van der Waals surface area contributed by atoms with Crippen LogP contribution in [0.15, 0.2) is 66.0 Å². The summed E-state index contributed by atoms with van der Waals surface area (Å²) in [4.78, 5) is 23.0. The minimum absolute atomic E-state index is 0.206. The normalized spacial score (nSPS) is 11.2. The molecule has 0 aliphatic carbocycles. The Labute approximate surface area is 201 Å². The van der Waals surface area contributed by atoms with Crippen LogP contribution in [0.5, 0.6) is 0 Å². The van der Waals surface area contributed by atoms with Gasteiger partial charge in [0.05, 0.1) is 28.5 Å². The molecule has 8 nitrogen and oxygen atoms in total. The van der Waals surface area contributed by atoms with Crippen molar-refractivity contribution in [1.29, 1.82) is 0 Å². The highest BCUT2D eigenvalue weighted by Crippen LogP contribution is 2.27. The molecule has 0 spiro atoms. The Bertz CT molecular complexity index is 1540. The van der Waals surface area contributed by atoms with Crippen LogP contribution in [0.2, 0.25) is 0 Å². The van der Waals surface area contributed by atoms with E-state index in [9.17, 15) is 4.79 Å². The molecule has 9 heteroatoms. The second-order valence-electron chi connectivity index (χ2n) is 7.95. The van der Waals surface area contributed by atoms with Crippen LogP contribution in [-0.4, -0.2) is 41.7 Å². The first-order chi connectivity index (χ1) is 16.5. The van der Waals surface area contributed by atoms with Crippen LogP contribution in [0.25, 0.3) is 22.5 Å². The number of nitrogens with one attached hydrogen (secondary N) is 1. The largest absolute Gasteiger partial charge is 0.306 e. The van der Waals surface area contributed by atoms with E-state index in [1.54, 1.807) is 10.9 Å². The summed E-state index contributed by atoms with van der Waals surface area (Å²) in [6, 6.07) is 15.4. The number of anilines is 1. The molecular formula is C25H23N7OS. The number of aromatic nitrogens is 6. The van der Waals surface area contributed by atoms with E-state index >= 15 is 0 Å². The van der Waals surface area contributed by atoms with Crippen LogP contribution in [0.4, 0.5) is 5.82 Å². The van der Waals surface area contributed by atoms with E-state index in [0.29, 0.717) is 22.8 Å². The minimum atomic E-state index is -0.206. The van der Waals surface area contributed by atoms with Crippen molar-refractivity contribution in [3.05, 3.63) is 83.4 Å². The third-order valence-corrected chi connectivity index (χ3v) is 6.57. The van der Waals surface area contributed by atoms with Gasteiger partial charge in [0, 0.05) is 11.0 Å². The van der Waals surface area contributed by atoms with Crippen LogP contribution < -0.4 is 5.32 Å². The van der Waals surface area contributed by atoms with Gasteiger partial charge in [-0.15, -0.1) is 11.8 Å². The maximum Gasteiger partial charge on any atom is 0.257 e. The molecule has 3 aromatic heterocycles. The number of nitrogens with zero attached hydrogens (tertiary/aromatic N) is 6. The summed E-state index contributed by atoms with van der Waals surface area (Å²) < 4.78 is 3.44. The van der Waals surface area contributed by atoms with Gasteiger partial charge >= 0.3 is 0 Å². The van der Waals surface area contributed by atoms with Gasteiger partial charge in [-0.05, 0) is 56.4 Å². The third kappa shape index (κ3) is 3.73. The van der Waals surface area contributed by atoms with Gasteiger partial charge in [-0.25, -0.2) is 14.6 Å². The fraction of sp³-hybridized carbons (Fsp3) is 0.160. The van der Waals surface area contributed by atoms with Crippen LogP contribution in [-0.2, 0) is 0 Å². The van der Waals surface area contributed by atoms with E-state index in [1.807, 2.05) is 60.3 Å². The molecule has 0 fully saturated rings. The quantitative estimate of drug-likeness (QED) is 0.368. The summed E-state index contributed by atoms with van der Waals surface area (Å²) in [5.74, 6) is 0.864. The maximum absolute atomic E-state index is 13.1. The number of hydrogen-bond acceptors (Lipinski definition) is 6. The van der Waals surface area contributed by atoms with E-state index in [1.165, 1.54) is 23.7 Å². The van der Waals surface area contributed by atoms with Gasteiger partial charge in [0.15, 0.2) is 11.5 Å². The Morgan fingerprint density at radius 1 is 1.00 bits per heavy atom. The number of hydrogen-bond donors (Lipinski definition) is 1. The van der Waals surface area contributed by atoms with Crippen LogP contribution in [0.1, 0.15) is 27.2 Å². The molecule has 0 aliphatic heterocycles. The molecule has 3 heterocycles. The summed E-state index contributed by atoms with van der Waals surface area (Å²) >= 11 is 1.53. The van der Waals surface area contributed by atoms with E-state index < -0.39 is 0 Å². The second-order valence-corrected chi connectivity index (χ2v) is 8.80. The van der Waals surface area contributed by atoms with Crippen molar-refractivity contribution in [2.75, 3.05) is 11.6 Å². The number of rotatable bonds is 5. The lowest BCUT2D eigenvalue weighted by atomic mass is 10.1. The Kier molecular flexibility index (Phi) is 5.62. The number of aryl methyl sites for hydroxylation is 2. The second kappa shape index (κ2) is 8.75. The van der Waals surface area contributed by atoms with Gasteiger partial charge in [0.25, 0.3) is 5.91 Å². The Morgan fingerprint density at radius 3 is 2.65 bits per heavy atom. The highest BCUT2D eigenvalue weighted by molar-refractivity contribution is 7.98. The Hall–Kier alpha value is -3.98. The zero-order chi connectivity index (χ0) is 23.8. The molecule has 0 unspecified atom stereocenters. The first-order valence-corrected chi connectivity index (χ1v) is 12.0. The minimum Gasteiger partial charge on any atom is -0.306 e. The van der Waals surface area contributed by atoms with E-state index in [2.05, 4.69) is 45.4 Å². The summed E-state index contributed by atoms with van der Waals surface area (Å²) in [5.41, 5.74) is 5.28. The van der Waals surface area contributed by atoms with Gasteiger partial charge in [-0.2, -0.15) is 14.9 Å². The lowest BCUT2D eigenvalue weighted by Gasteiger charge is -2.11. The predicted octanol–water partition coefficient (Wildman–Crippen LogP) is 4.90. The molecule has 0 saturated carbocycles. The van der Waals surface area contributed by atoms with Crippen molar-refractivity contribution in [2.45, 2.75) is 25.7 Å². The molecule has 0 radical (unpaired) electrons. The van der Waals surface area contributed by atoms with E-state index in [4.69, 9.17) is 0 Å². The third-order valence-electron chi connectivity index (χ3n) is 5.77. The number of amides is 1. The molecule has 5 rings (SSSR count). The Balaban J connectivity index is 1.59. The number of carbonyl (C=O) groups excluding carboxylic acids is 1.